The minimum atomic E-state index is -1.06. The third-order valence-electron chi connectivity index (χ3n) is 3.78. The Morgan fingerprint density at radius 1 is 1.11 bits per heavy atom. The van der Waals surface area contributed by atoms with E-state index in [2.05, 4.69) is 5.32 Å². The predicted octanol–water partition coefficient (Wildman–Crippen LogP) is 5.06. The Bertz CT molecular complexity index is 987. The number of ketones is 1. The largest absolute Gasteiger partial charge is 0.478 e. The summed E-state index contributed by atoms with van der Waals surface area (Å²) in [5.41, 5.74) is 1.27. The van der Waals surface area contributed by atoms with Crippen molar-refractivity contribution in [3.8, 4) is 0 Å². The molecule has 0 aliphatic carbocycles. The number of carbonyl (C=O) groups excluding carboxylic acids is 2. The van der Waals surface area contributed by atoms with E-state index >= 15 is 0 Å². The molecule has 3 rings (SSSR count). The molecule has 0 bridgehead atoms. The average molecular weight is 397 g/mol. The number of hydrogen-bond donors (Lipinski definition) is 2. The average Bonchev–Trinajstić information content (AvgIpc) is 2.91. The number of ether oxygens (including phenoxy) is 1. The summed E-state index contributed by atoms with van der Waals surface area (Å²) >= 11 is 1.16. The van der Waals surface area contributed by atoms with Gasteiger partial charge in [-0.3, -0.25) is 10.1 Å². The van der Waals surface area contributed by atoms with Crippen molar-refractivity contribution in [1.82, 2.24) is 0 Å². The lowest BCUT2D eigenvalue weighted by Gasteiger charge is -2.19. The number of nitrogens with one attached hydrogen (secondary N) is 1. The van der Waals surface area contributed by atoms with Gasteiger partial charge in [0.05, 0.1) is 10.5 Å². The van der Waals surface area contributed by atoms with E-state index in [9.17, 15) is 19.5 Å². The maximum absolute atomic E-state index is 12.6. The van der Waals surface area contributed by atoms with E-state index in [1.165, 1.54) is 6.07 Å². The maximum Gasteiger partial charge on any atom is 0.412 e. The normalized spacial score (nSPS) is 14.7. The van der Waals surface area contributed by atoms with Crippen molar-refractivity contribution in [3.05, 3.63) is 64.1 Å². The number of thioether (sulfide) groups is 1. The van der Waals surface area contributed by atoms with Gasteiger partial charge in [0, 0.05) is 16.1 Å². The lowest BCUT2D eigenvalue weighted by atomic mass is 10.1. The second kappa shape index (κ2) is 7.52. The van der Waals surface area contributed by atoms with Gasteiger partial charge in [0.15, 0.2) is 0 Å². The van der Waals surface area contributed by atoms with Crippen LogP contribution in [0.3, 0.4) is 0 Å². The van der Waals surface area contributed by atoms with Crippen molar-refractivity contribution in [3.63, 3.8) is 0 Å². The molecule has 0 radical (unpaired) electrons. The highest BCUT2D eigenvalue weighted by Gasteiger charge is 2.29. The van der Waals surface area contributed by atoms with Crippen molar-refractivity contribution < 1.29 is 24.2 Å². The van der Waals surface area contributed by atoms with Gasteiger partial charge in [-0.1, -0.05) is 30.0 Å². The zero-order valence-corrected chi connectivity index (χ0v) is 16.4. The molecule has 28 heavy (non-hydrogen) atoms. The number of carbonyl (C=O) groups is 3. The lowest BCUT2D eigenvalue weighted by molar-refractivity contribution is 0.0633. The van der Waals surface area contributed by atoms with Crippen LogP contribution in [0.1, 0.15) is 47.1 Å². The van der Waals surface area contributed by atoms with Crippen LogP contribution in [-0.2, 0) is 4.74 Å². The first kappa shape index (κ1) is 19.7. The third kappa shape index (κ3) is 4.43. The predicted molar refractivity (Wildman–Crippen MR) is 108 cm³/mol. The van der Waals surface area contributed by atoms with Gasteiger partial charge < -0.3 is 9.84 Å². The molecule has 0 aromatic heterocycles. The van der Waals surface area contributed by atoms with Crippen LogP contribution in [0.2, 0.25) is 0 Å². The fourth-order valence-electron chi connectivity index (χ4n) is 2.61. The molecule has 2 aromatic carbocycles. The summed E-state index contributed by atoms with van der Waals surface area (Å²) in [6.07, 6.45) is 1.16. The minimum Gasteiger partial charge on any atom is -0.478 e. The van der Waals surface area contributed by atoms with E-state index in [-0.39, 0.29) is 11.3 Å². The molecule has 0 saturated heterocycles. The summed E-state index contributed by atoms with van der Waals surface area (Å²) in [6.45, 7) is 5.35. The molecule has 0 unspecified atom stereocenters. The van der Waals surface area contributed by atoms with Crippen LogP contribution in [-0.4, -0.2) is 28.6 Å². The van der Waals surface area contributed by atoms with Crippen LogP contribution < -0.4 is 5.32 Å². The van der Waals surface area contributed by atoms with Gasteiger partial charge >= 0.3 is 12.1 Å². The molecule has 2 aromatic rings. The van der Waals surface area contributed by atoms with Crippen molar-refractivity contribution in [2.75, 3.05) is 5.32 Å². The van der Waals surface area contributed by atoms with Gasteiger partial charge in [0.2, 0.25) is 5.78 Å². The van der Waals surface area contributed by atoms with E-state index in [0.717, 1.165) is 17.3 Å². The molecule has 1 aliphatic heterocycles. The molecular formula is C21H19NO5S. The number of benzene rings is 2. The van der Waals surface area contributed by atoms with Crippen LogP contribution in [0.25, 0.3) is 6.08 Å². The molecule has 0 atom stereocenters. The number of carboxylic acid groups (broad SMARTS) is 1. The van der Waals surface area contributed by atoms with Gasteiger partial charge in [-0.2, -0.15) is 0 Å². The van der Waals surface area contributed by atoms with Crippen molar-refractivity contribution in [2.45, 2.75) is 31.3 Å². The zero-order chi connectivity index (χ0) is 20.5. The monoisotopic (exact) mass is 397 g/mol. The topological polar surface area (TPSA) is 92.7 Å². The van der Waals surface area contributed by atoms with Gasteiger partial charge in [-0.05, 0) is 56.7 Å². The standard InChI is InChI=1S/C21H19NO5S/c1-21(2,3)27-20(26)22-13-9-7-12(8-10-13)11-16-17(23)14-5-4-6-15(19(24)25)18(14)28-16/h4-11H,1-3H3,(H,22,26)(H,24,25)/b16-11-. The molecule has 0 saturated carbocycles. The lowest BCUT2D eigenvalue weighted by Crippen LogP contribution is -2.27. The molecule has 1 heterocycles. The van der Waals surface area contributed by atoms with E-state index in [1.807, 2.05) is 0 Å². The van der Waals surface area contributed by atoms with Crippen molar-refractivity contribution >= 4 is 41.4 Å². The summed E-state index contributed by atoms with van der Waals surface area (Å²) in [4.78, 5) is 36.6. The molecule has 7 heteroatoms. The number of allylic oxidation sites excluding steroid dienone is 1. The molecule has 144 valence electrons. The number of amides is 1. The number of aromatic carboxylic acids is 1. The van der Waals surface area contributed by atoms with Gasteiger partial charge in [0.25, 0.3) is 0 Å². The van der Waals surface area contributed by atoms with E-state index in [1.54, 1.807) is 63.2 Å². The fraction of sp³-hybridized carbons (Fsp3) is 0.190. The first-order chi connectivity index (χ1) is 13.1. The maximum atomic E-state index is 12.6. The Morgan fingerprint density at radius 2 is 1.79 bits per heavy atom. The van der Waals surface area contributed by atoms with Gasteiger partial charge in [-0.15, -0.1) is 0 Å². The van der Waals surface area contributed by atoms with E-state index < -0.39 is 17.7 Å². The van der Waals surface area contributed by atoms with Gasteiger partial charge in [0.1, 0.15) is 5.60 Å². The fourth-order valence-corrected chi connectivity index (χ4v) is 3.77. The van der Waals surface area contributed by atoms with Gasteiger partial charge in [-0.25, -0.2) is 9.59 Å². The van der Waals surface area contributed by atoms with Crippen LogP contribution in [0.4, 0.5) is 10.5 Å². The van der Waals surface area contributed by atoms with Crippen molar-refractivity contribution in [2.24, 2.45) is 0 Å². The molecule has 0 fully saturated rings. The van der Waals surface area contributed by atoms with Crippen LogP contribution >= 0.6 is 11.8 Å². The second-order valence-corrected chi connectivity index (χ2v) is 8.23. The Labute approximate surface area is 166 Å². The highest BCUT2D eigenvalue weighted by Crippen LogP contribution is 2.42. The number of fused-ring (bicyclic) bond motifs is 1. The van der Waals surface area contributed by atoms with E-state index in [4.69, 9.17) is 4.74 Å². The Hall–Kier alpha value is -3.06. The quantitative estimate of drug-likeness (QED) is 0.703. The smallest absolute Gasteiger partial charge is 0.412 e. The highest BCUT2D eigenvalue weighted by atomic mass is 32.2. The molecule has 2 N–H and O–H groups in total. The SMILES string of the molecule is CC(C)(C)OC(=O)Nc1ccc(/C=C2\Sc3c(C(=O)O)cccc3C2=O)cc1. The number of hydrogen-bond acceptors (Lipinski definition) is 5. The van der Waals surface area contributed by atoms with Crippen LogP contribution in [0.15, 0.2) is 52.3 Å². The summed E-state index contributed by atoms with van der Waals surface area (Å²) < 4.78 is 5.20. The molecule has 0 spiro atoms. The van der Waals surface area contributed by atoms with Crippen molar-refractivity contribution in [1.29, 1.82) is 0 Å². The van der Waals surface area contributed by atoms with Crippen LogP contribution in [0, 0.1) is 0 Å². The number of anilines is 1. The number of rotatable bonds is 3. The first-order valence-corrected chi connectivity index (χ1v) is 9.36. The minimum absolute atomic E-state index is 0.121. The number of carboxylic acids is 1. The Morgan fingerprint density at radius 3 is 2.39 bits per heavy atom. The summed E-state index contributed by atoms with van der Waals surface area (Å²) in [6, 6.07) is 11.6. The summed E-state index contributed by atoms with van der Waals surface area (Å²) in [5, 5.41) is 11.9. The Kier molecular flexibility index (Phi) is 5.29. The highest BCUT2D eigenvalue weighted by molar-refractivity contribution is 8.05. The Balaban J connectivity index is 1.76. The van der Waals surface area contributed by atoms with E-state index in [0.29, 0.717) is 21.1 Å². The molecular weight excluding hydrogens is 378 g/mol. The zero-order valence-electron chi connectivity index (χ0n) is 15.6. The molecule has 1 aliphatic rings. The first-order valence-electron chi connectivity index (χ1n) is 8.55. The summed E-state index contributed by atoms with van der Waals surface area (Å²) in [7, 11) is 0. The van der Waals surface area contributed by atoms with Crippen LogP contribution in [0.5, 0.6) is 0 Å². The number of Topliss-reactive ketones (excluding diaryl/α,β-unsaturated/α-hetero) is 1. The third-order valence-corrected chi connectivity index (χ3v) is 4.95. The summed E-state index contributed by atoms with van der Waals surface area (Å²) in [5.74, 6) is -1.25. The molecule has 1 amide bonds. The second-order valence-electron chi connectivity index (χ2n) is 7.18. The molecule has 6 nitrogen and oxygen atoms in total.